The fourth-order valence-electron chi connectivity index (χ4n) is 3.58. The summed E-state index contributed by atoms with van der Waals surface area (Å²) in [6, 6.07) is 17.2. The largest absolute Gasteiger partial charge is 0.507 e. The number of phenolic OH excluding ortho intramolecular Hbond substituents is 2. The molecule has 0 radical (unpaired) electrons. The highest BCUT2D eigenvalue weighted by molar-refractivity contribution is 7.93. The van der Waals surface area contributed by atoms with E-state index in [1.54, 1.807) is 38.1 Å². The third kappa shape index (κ3) is 4.85. The van der Waals surface area contributed by atoms with E-state index < -0.39 is 60.6 Å². The topological polar surface area (TPSA) is 143 Å². The Balaban J connectivity index is 1.83. The van der Waals surface area contributed by atoms with Gasteiger partial charge in [0.05, 0.1) is 19.6 Å². The molecule has 0 aromatic heterocycles. The second kappa shape index (κ2) is 9.33. The van der Waals surface area contributed by atoms with E-state index in [1.807, 2.05) is 0 Å². The normalized spacial score (nSPS) is 12.4. The molecule has 0 unspecified atom stereocenters. The van der Waals surface area contributed by atoms with Crippen LogP contribution in [0, 0.1) is 13.8 Å². The van der Waals surface area contributed by atoms with Crippen LogP contribution < -0.4 is 0 Å². The average Bonchev–Trinajstić information content (AvgIpc) is 2.84. The van der Waals surface area contributed by atoms with Crippen LogP contribution in [-0.4, -0.2) is 35.5 Å². The van der Waals surface area contributed by atoms with Crippen molar-refractivity contribution in [1.29, 1.82) is 0 Å². The van der Waals surface area contributed by atoms with E-state index in [0.29, 0.717) is 0 Å². The number of phenols is 2. The number of benzene rings is 4. The third-order valence-electron chi connectivity index (χ3n) is 5.72. The van der Waals surface area contributed by atoms with Gasteiger partial charge in [0.2, 0.25) is 29.5 Å². The zero-order chi connectivity index (χ0) is 27.2. The van der Waals surface area contributed by atoms with E-state index in [9.17, 15) is 35.5 Å². The van der Waals surface area contributed by atoms with Crippen molar-refractivity contribution in [2.75, 3.05) is 0 Å². The van der Waals surface area contributed by atoms with Gasteiger partial charge in [-0.05, 0) is 74.5 Å². The SMILES string of the molecule is Cc1ccc(S(=O)(=O)c2cc(S(=O)(=O)c3ccc(O)c(S(=O)(=O)c4ccc(C)cc4)c3)ccc2O)cc1. The molecule has 0 aliphatic rings. The third-order valence-corrected chi connectivity index (χ3v) is 11.1. The van der Waals surface area contributed by atoms with E-state index >= 15 is 0 Å². The first-order chi connectivity index (χ1) is 17.2. The van der Waals surface area contributed by atoms with Crippen molar-refractivity contribution in [3.05, 3.63) is 96.1 Å². The minimum atomic E-state index is -4.47. The molecule has 0 spiro atoms. The van der Waals surface area contributed by atoms with Gasteiger partial charge in [-0.3, -0.25) is 0 Å². The Hall–Kier alpha value is -3.67. The predicted molar refractivity (Wildman–Crippen MR) is 135 cm³/mol. The molecule has 0 heterocycles. The number of sulfone groups is 3. The minimum absolute atomic E-state index is 0.140. The molecule has 0 saturated heterocycles. The van der Waals surface area contributed by atoms with Crippen LogP contribution in [0.25, 0.3) is 0 Å². The summed E-state index contributed by atoms with van der Waals surface area (Å²) in [5.41, 5.74) is 1.62. The molecule has 11 heteroatoms. The van der Waals surface area contributed by atoms with E-state index in [0.717, 1.165) is 47.5 Å². The zero-order valence-electron chi connectivity index (χ0n) is 19.7. The van der Waals surface area contributed by atoms with Crippen molar-refractivity contribution in [1.82, 2.24) is 0 Å². The molecule has 0 fully saturated rings. The van der Waals surface area contributed by atoms with Gasteiger partial charge < -0.3 is 10.2 Å². The molecule has 8 nitrogen and oxygen atoms in total. The van der Waals surface area contributed by atoms with Crippen LogP contribution in [0.5, 0.6) is 11.5 Å². The predicted octanol–water partition coefficient (Wildman–Crippen LogP) is 4.21. The molecule has 0 aliphatic carbocycles. The lowest BCUT2D eigenvalue weighted by atomic mass is 10.2. The molecule has 192 valence electrons. The van der Waals surface area contributed by atoms with E-state index in [4.69, 9.17) is 0 Å². The van der Waals surface area contributed by atoms with Crippen molar-refractivity contribution in [2.24, 2.45) is 0 Å². The minimum Gasteiger partial charge on any atom is -0.507 e. The molecule has 0 bridgehead atoms. The van der Waals surface area contributed by atoms with Crippen LogP contribution in [0.15, 0.2) is 114 Å². The first-order valence-corrected chi connectivity index (χ1v) is 15.2. The second-order valence-corrected chi connectivity index (χ2v) is 14.2. The molecule has 0 saturated carbocycles. The summed E-state index contributed by atoms with van der Waals surface area (Å²) in [5, 5.41) is 20.5. The van der Waals surface area contributed by atoms with Gasteiger partial charge in [0.25, 0.3) is 0 Å². The molecule has 4 rings (SSSR count). The van der Waals surface area contributed by atoms with Crippen LogP contribution in [-0.2, 0) is 29.5 Å². The van der Waals surface area contributed by atoms with Crippen molar-refractivity contribution >= 4 is 29.5 Å². The second-order valence-electron chi connectivity index (χ2n) is 8.40. The molecular formula is C26H22O8S3. The van der Waals surface area contributed by atoms with Gasteiger partial charge in [0.1, 0.15) is 21.3 Å². The lowest BCUT2D eigenvalue weighted by Gasteiger charge is -2.12. The van der Waals surface area contributed by atoms with E-state index in [1.165, 1.54) is 24.3 Å². The van der Waals surface area contributed by atoms with Gasteiger partial charge in [-0.15, -0.1) is 0 Å². The van der Waals surface area contributed by atoms with Crippen LogP contribution in [0.4, 0.5) is 0 Å². The number of rotatable bonds is 6. The van der Waals surface area contributed by atoms with Gasteiger partial charge in [-0.2, -0.15) is 0 Å². The average molecular weight is 559 g/mol. The number of aryl methyl sites for hydroxylation is 2. The first kappa shape index (κ1) is 26.4. The summed E-state index contributed by atoms with van der Waals surface area (Å²) in [4.78, 5) is -2.49. The Morgan fingerprint density at radius 2 is 0.730 bits per heavy atom. The van der Waals surface area contributed by atoms with Crippen LogP contribution in [0.3, 0.4) is 0 Å². The summed E-state index contributed by atoms with van der Waals surface area (Å²) in [7, 11) is -13.0. The maximum Gasteiger partial charge on any atom is 0.210 e. The van der Waals surface area contributed by atoms with Crippen molar-refractivity contribution in [3.63, 3.8) is 0 Å². The van der Waals surface area contributed by atoms with Gasteiger partial charge in [-0.25, -0.2) is 25.3 Å². The first-order valence-electron chi connectivity index (χ1n) is 10.8. The van der Waals surface area contributed by atoms with Gasteiger partial charge in [-0.1, -0.05) is 35.4 Å². The van der Waals surface area contributed by atoms with Gasteiger partial charge in [0.15, 0.2) is 0 Å². The summed E-state index contributed by atoms with van der Waals surface area (Å²) in [6.45, 7) is 3.54. The smallest absolute Gasteiger partial charge is 0.210 e. The van der Waals surface area contributed by atoms with Crippen molar-refractivity contribution in [3.8, 4) is 11.5 Å². The standard InChI is InChI=1S/C26H22O8S3/c1-17-3-7-19(8-4-17)36(31,32)25-15-21(11-13-23(25)27)35(29,30)22-12-14-24(28)26(16-22)37(33,34)20-9-5-18(2)6-10-20/h3-16,27-28H,1-2H3. The maximum absolute atomic E-state index is 13.4. The highest BCUT2D eigenvalue weighted by Crippen LogP contribution is 2.35. The van der Waals surface area contributed by atoms with Gasteiger partial charge >= 0.3 is 0 Å². The summed E-state index contributed by atoms with van der Waals surface area (Å²) in [6.07, 6.45) is 0. The Bertz CT molecular complexity index is 1690. The number of hydrogen-bond donors (Lipinski definition) is 2. The fraction of sp³-hybridized carbons (Fsp3) is 0.0769. The Labute approximate surface area is 215 Å². The fourth-order valence-corrected chi connectivity index (χ4v) is 7.79. The molecule has 2 N–H and O–H groups in total. The highest BCUT2D eigenvalue weighted by Gasteiger charge is 2.29. The monoisotopic (exact) mass is 558 g/mol. The molecular weight excluding hydrogens is 536 g/mol. The Kier molecular flexibility index (Phi) is 6.65. The molecule has 4 aromatic rings. The quantitative estimate of drug-likeness (QED) is 0.358. The number of hydrogen-bond acceptors (Lipinski definition) is 8. The zero-order valence-corrected chi connectivity index (χ0v) is 22.1. The molecule has 0 amide bonds. The summed E-state index contributed by atoms with van der Waals surface area (Å²) >= 11 is 0. The van der Waals surface area contributed by atoms with Crippen LogP contribution in [0.2, 0.25) is 0 Å². The Morgan fingerprint density at radius 3 is 1.05 bits per heavy atom. The van der Waals surface area contributed by atoms with Crippen LogP contribution in [0.1, 0.15) is 11.1 Å². The van der Waals surface area contributed by atoms with Gasteiger partial charge in [0, 0.05) is 0 Å². The molecule has 37 heavy (non-hydrogen) atoms. The summed E-state index contributed by atoms with van der Waals surface area (Å²) in [5.74, 6) is -1.29. The number of aromatic hydroxyl groups is 2. The molecule has 4 aromatic carbocycles. The van der Waals surface area contributed by atoms with Crippen molar-refractivity contribution in [2.45, 2.75) is 43.2 Å². The summed E-state index contributed by atoms with van der Waals surface area (Å²) < 4.78 is 79.4. The maximum atomic E-state index is 13.4. The Morgan fingerprint density at radius 1 is 0.432 bits per heavy atom. The molecule has 0 atom stereocenters. The highest BCUT2D eigenvalue weighted by atomic mass is 32.2. The van der Waals surface area contributed by atoms with E-state index in [2.05, 4.69) is 0 Å². The molecule has 0 aliphatic heterocycles. The lowest BCUT2D eigenvalue weighted by Crippen LogP contribution is -2.08. The van der Waals surface area contributed by atoms with Crippen LogP contribution >= 0.6 is 0 Å². The van der Waals surface area contributed by atoms with Crippen molar-refractivity contribution < 1.29 is 35.5 Å². The van der Waals surface area contributed by atoms with E-state index in [-0.39, 0.29) is 9.79 Å². The lowest BCUT2D eigenvalue weighted by molar-refractivity contribution is 0.457.